The predicted molar refractivity (Wildman–Crippen MR) is 116 cm³/mol. The van der Waals surface area contributed by atoms with E-state index >= 15 is 0 Å². The average Bonchev–Trinajstić information content (AvgIpc) is 2.74. The molecule has 29 heavy (non-hydrogen) atoms. The van der Waals surface area contributed by atoms with E-state index < -0.39 is 0 Å². The number of benzene rings is 2. The van der Waals surface area contributed by atoms with Gasteiger partial charge < -0.3 is 24.8 Å². The summed E-state index contributed by atoms with van der Waals surface area (Å²) in [6.07, 6.45) is 0. The molecule has 0 bridgehead atoms. The van der Waals surface area contributed by atoms with Gasteiger partial charge in [-0.25, -0.2) is 0 Å². The number of hydrogen-bond acceptors (Lipinski definition) is 6. The van der Waals surface area contributed by atoms with Crippen molar-refractivity contribution >= 4 is 24.0 Å². The van der Waals surface area contributed by atoms with E-state index in [9.17, 15) is 4.79 Å². The molecule has 0 saturated carbocycles. The summed E-state index contributed by atoms with van der Waals surface area (Å²) in [5, 5.41) is 6.35. The van der Waals surface area contributed by atoms with Gasteiger partial charge in [0.15, 0.2) is 0 Å². The van der Waals surface area contributed by atoms with Gasteiger partial charge in [0.1, 0.15) is 17.2 Å². The van der Waals surface area contributed by atoms with Crippen molar-refractivity contribution in [1.82, 2.24) is 10.2 Å². The number of nitrogens with one attached hydrogen (secondary N) is 2. The Bertz CT molecular complexity index is 818. The predicted octanol–water partition coefficient (Wildman–Crippen LogP) is 2.72. The van der Waals surface area contributed by atoms with Crippen LogP contribution in [0.5, 0.6) is 17.2 Å². The molecule has 1 aliphatic heterocycles. The fraction of sp³-hybridized carbons (Fsp3) is 0.381. The third kappa shape index (κ3) is 5.53. The molecular formula is C21H28ClN3O4. The molecule has 2 aromatic carbocycles. The zero-order chi connectivity index (χ0) is 19.9. The molecular weight excluding hydrogens is 394 g/mol. The van der Waals surface area contributed by atoms with E-state index in [1.807, 2.05) is 24.3 Å². The topological polar surface area (TPSA) is 72.1 Å². The maximum Gasteiger partial charge on any atom is 0.238 e. The van der Waals surface area contributed by atoms with Gasteiger partial charge in [0.2, 0.25) is 5.91 Å². The number of amides is 1. The summed E-state index contributed by atoms with van der Waals surface area (Å²) in [5.41, 5.74) is 1.70. The van der Waals surface area contributed by atoms with Crippen molar-refractivity contribution in [3.05, 3.63) is 48.0 Å². The quantitative estimate of drug-likeness (QED) is 0.716. The van der Waals surface area contributed by atoms with Crippen molar-refractivity contribution < 1.29 is 19.0 Å². The minimum Gasteiger partial charge on any atom is -0.497 e. The molecule has 1 atom stereocenters. The number of nitrogens with zero attached hydrogens (tertiary/aromatic N) is 1. The van der Waals surface area contributed by atoms with E-state index in [0.717, 1.165) is 30.9 Å². The molecule has 158 valence electrons. The highest BCUT2D eigenvalue weighted by atomic mass is 35.5. The number of para-hydroxylation sites is 1. The molecule has 1 aliphatic rings. The van der Waals surface area contributed by atoms with E-state index in [4.69, 9.17) is 14.2 Å². The van der Waals surface area contributed by atoms with E-state index in [-0.39, 0.29) is 30.9 Å². The van der Waals surface area contributed by atoms with Crippen LogP contribution < -0.4 is 24.8 Å². The molecule has 2 N–H and O–H groups in total. The van der Waals surface area contributed by atoms with Crippen LogP contribution in [0, 0.1) is 0 Å². The van der Waals surface area contributed by atoms with Crippen LogP contribution in [0.25, 0.3) is 0 Å². The molecule has 3 rings (SSSR count). The molecule has 1 saturated heterocycles. The van der Waals surface area contributed by atoms with Crippen molar-refractivity contribution in [1.29, 1.82) is 0 Å². The largest absolute Gasteiger partial charge is 0.497 e. The first-order chi connectivity index (χ1) is 13.7. The van der Waals surface area contributed by atoms with Gasteiger partial charge in [-0.05, 0) is 18.2 Å². The van der Waals surface area contributed by atoms with Crippen LogP contribution in [0.1, 0.15) is 11.6 Å². The third-order valence-electron chi connectivity index (χ3n) is 4.88. The van der Waals surface area contributed by atoms with Crippen LogP contribution in [-0.2, 0) is 4.79 Å². The first-order valence-electron chi connectivity index (χ1n) is 9.25. The van der Waals surface area contributed by atoms with Crippen LogP contribution >= 0.6 is 12.4 Å². The zero-order valence-corrected chi connectivity index (χ0v) is 17.8. The second kappa shape index (κ2) is 10.9. The fourth-order valence-electron chi connectivity index (χ4n) is 3.46. The lowest BCUT2D eigenvalue weighted by molar-refractivity contribution is -0.118. The second-order valence-electron chi connectivity index (χ2n) is 6.55. The number of anilines is 1. The molecule has 1 fully saturated rings. The summed E-state index contributed by atoms with van der Waals surface area (Å²) in [6, 6.07) is 13.3. The van der Waals surface area contributed by atoms with Crippen LogP contribution in [0.4, 0.5) is 5.69 Å². The average molecular weight is 422 g/mol. The maximum absolute atomic E-state index is 12.7. The Labute approximate surface area is 177 Å². The molecule has 2 aromatic rings. The number of halogens is 1. The molecule has 0 spiro atoms. The van der Waals surface area contributed by atoms with E-state index in [1.54, 1.807) is 39.5 Å². The van der Waals surface area contributed by atoms with Gasteiger partial charge in [-0.2, -0.15) is 0 Å². The van der Waals surface area contributed by atoms with Crippen LogP contribution in [-0.4, -0.2) is 58.3 Å². The first kappa shape index (κ1) is 22.8. The van der Waals surface area contributed by atoms with Crippen LogP contribution in [0.2, 0.25) is 0 Å². The molecule has 8 heteroatoms. The van der Waals surface area contributed by atoms with Crippen molar-refractivity contribution in [3.8, 4) is 17.2 Å². The lowest BCUT2D eigenvalue weighted by Gasteiger charge is -2.36. The number of carbonyl (C=O) groups excluding carboxylic acids is 1. The Hall–Kier alpha value is -2.48. The minimum absolute atomic E-state index is 0. The third-order valence-corrected chi connectivity index (χ3v) is 4.88. The monoisotopic (exact) mass is 421 g/mol. The molecule has 7 nitrogen and oxygen atoms in total. The standard InChI is InChI=1S/C21H27N3O4.ClH/c1-26-15-8-9-17(20(12-15)28-3)23-21(25)14-24-11-10-22-13-18(24)16-6-4-5-7-19(16)27-2;/h4-9,12,18,22H,10-11,13-14H2,1-3H3,(H,23,25);1H. The van der Waals surface area contributed by atoms with Crippen molar-refractivity contribution in [2.45, 2.75) is 6.04 Å². The smallest absolute Gasteiger partial charge is 0.238 e. The fourth-order valence-corrected chi connectivity index (χ4v) is 3.46. The van der Waals surface area contributed by atoms with E-state index in [0.29, 0.717) is 17.2 Å². The number of rotatable bonds is 7. The highest BCUT2D eigenvalue weighted by Gasteiger charge is 2.27. The Kier molecular flexibility index (Phi) is 8.57. The molecule has 0 aliphatic carbocycles. The van der Waals surface area contributed by atoms with Gasteiger partial charge in [-0.1, -0.05) is 18.2 Å². The first-order valence-corrected chi connectivity index (χ1v) is 9.25. The lowest BCUT2D eigenvalue weighted by Crippen LogP contribution is -2.48. The summed E-state index contributed by atoms with van der Waals surface area (Å²) >= 11 is 0. The number of ether oxygens (including phenoxy) is 3. The summed E-state index contributed by atoms with van der Waals surface area (Å²) < 4.78 is 16.1. The van der Waals surface area contributed by atoms with Crippen LogP contribution in [0.3, 0.4) is 0 Å². The van der Waals surface area contributed by atoms with Crippen molar-refractivity contribution in [2.75, 3.05) is 52.8 Å². The van der Waals surface area contributed by atoms with E-state index in [1.165, 1.54) is 0 Å². The number of methoxy groups -OCH3 is 3. The Morgan fingerprint density at radius 1 is 1.10 bits per heavy atom. The summed E-state index contributed by atoms with van der Waals surface area (Å²) in [5.74, 6) is 1.98. The molecule has 0 aromatic heterocycles. The molecule has 1 amide bonds. The number of carbonyl (C=O) groups is 1. The summed E-state index contributed by atoms with van der Waals surface area (Å²) in [7, 11) is 4.83. The van der Waals surface area contributed by atoms with Gasteiger partial charge >= 0.3 is 0 Å². The molecule has 0 radical (unpaired) electrons. The normalized spacial score (nSPS) is 16.4. The Balaban J connectivity index is 0.00000300. The van der Waals surface area contributed by atoms with Gasteiger partial charge in [0.25, 0.3) is 0 Å². The van der Waals surface area contributed by atoms with Gasteiger partial charge in [-0.3, -0.25) is 9.69 Å². The second-order valence-corrected chi connectivity index (χ2v) is 6.55. The number of hydrogen-bond donors (Lipinski definition) is 2. The van der Waals surface area contributed by atoms with E-state index in [2.05, 4.69) is 15.5 Å². The zero-order valence-electron chi connectivity index (χ0n) is 16.9. The Morgan fingerprint density at radius 2 is 1.86 bits per heavy atom. The maximum atomic E-state index is 12.7. The van der Waals surface area contributed by atoms with Crippen molar-refractivity contribution in [3.63, 3.8) is 0 Å². The highest BCUT2D eigenvalue weighted by molar-refractivity contribution is 5.93. The Morgan fingerprint density at radius 3 is 2.59 bits per heavy atom. The highest BCUT2D eigenvalue weighted by Crippen LogP contribution is 2.31. The van der Waals surface area contributed by atoms with Gasteiger partial charge in [0.05, 0.1) is 39.6 Å². The van der Waals surface area contributed by atoms with Gasteiger partial charge in [-0.15, -0.1) is 12.4 Å². The van der Waals surface area contributed by atoms with Crippen molar-refractivity contribution in [2.24, 2.45) is 0 Å². The minimum atomic E-state index is -0.0923. The molecule has 1 heterocycles. The lowest BCUT2D eigenvalue weighted by atomic mass is 10.0. The SMILES string of the molecule is COc1ccc(NC(=O)CN2CCNCC2c2ccccc2OC)c(OC)c1.Cl. The van der Waals surface area contributed by atoms with Gasteiger partial charge in [0, 0.05) is 31.3 Å². The summed E-state index contributed by atoms with van der Waals surface area (Å²) in [6.45, 7) is 2.65. The van der Waals surface area contributed by atoms with Crippen LogP contribution in [0.15, 0.2) is 42.5 Å². The summed E-state index contributed by atoms with van der Waals surface area (Å²) in [4.78, 5) is 14.9. The molecule has 1 unspecified atom stereocenters. The number of piperazine rings is 1.